The molecule has 1 N–H and O–H groups in total. The molecule has 122 valence electrons. The summed E-state index contributed by atoms with van der Waals surface area (Å²) in [7, 11) is 0. The van der Waals surface area contributed by atoms with E-state index in [0.717, 1.165) is 25.8 Å². The molecule has 0 fully saturated rings. The number of nitrogens with zero attached hydrogens (tertiary/aromatic N) is 2. The molecule has 1 aromatic heterocycles. The summed E-state index contributed by atoms with van der Waals surface area (Å²) in [5.41, 5.74) is 0.686. The van der Waals surface area contributed by atoms with Crippen molar-refractivity contribution in [2.24, 2.45) is 0 Å². The van der Waals surface area contributed by atoms with Gasteiger partial charge in [0, 0.05) is 9.79 Å². The van der Waals surface area contributed by atoms with E-state index in [9.17, 15) is 9.59 Å². The van der Waals surface area contributed by atoms with Crippen molar-refractivity contribution < 1.29 is 4.79 Å². The maximum Gasteiger partial charge on any atom is 0.326 e. The van der Waals surface area contributed by atoms with Gasteiger partial charge in [-0.05, 0) is 47.2 Å². The van der Waals surface area contributed by atoms with Gasteiger partial charge in [0.2, 0.25) is 10.4 Å². The summed E-state index contributed by atoms with van der Waals surface area (Å²) in [5.74, 6) is -0.333. The van der Waals surface area contributed by atoms with E-state index in [-0.39, 0.29) is 21.8 Å². The number of halogens is 1. The lowest BCUT2D eigenvalue weighted by atomic mass is 10.3. The van der Waals surface area contributed by atoms with Crippen LogP contribution in [0.25, 0.3) is 0 Å². The molecule has 0 aliphatic rings. The fourth-order valence-electron chi connectivity index (χ4n) is 1.98. The number of hydrogen-bond donors (Lipinski definition) is 1. The van der Waals surface area contributed by atoms with Gasteiger partial charge in [0.1, 0.15) is 6.54 Å². The van der Waals surface area contributed by atoms with Crippen LogP contribution >= 0.6 is 34.7 Å². The molecule has 0 aliphatic carbocycles. The molecule has 0 bridgehead atoms. The van der Waals surface area contributed by atoms with Crippen LogP contribution in [0.1, 0.15) is 0 Å². The smallest absolute Gasteiger partial charge is 0.323 e. The zero-order valence-electron chi connectivity index (χ0n) is 12.3. The lowest BCUT2D eigenvalue weighted by Crippen LogP contribution is -2.25. The Balaban J connectivity index is 1.74. The van der Waals surface area contributed by atoms with E-state index < -0.39 is 0 Å². The van der Waals surface area contributed by atoms with Gasteiger partial charge in [0.15, 0.2) is 0 Å². The van der Waals surface area contributed by atoms with Gasteiger partial charge >= 0.3 is 4.87 Å². The van der Waals surface area contributed by atoms with Crippen molar-refractivity contribution in [3.05, 3.63) is 68.7 Å². The van der Waals surface area contributed by atoms with Crippen LogP contribution in [0.15, 0.2) is 69.2 Å². The fourth-order valence-corrected chi connectivity index (χ4v) is 3.69. The molecular formula is C16H12ClN3O2S2. The number of para-hydroxylation sites is 1. The highest BCUT2D eigenvalue weighted by Gasteiger charge is 2.11. The van der Waals surface area contributed by atoms with E-state index >= 15 is 0 Å². The van der Waals surface area contributed by atoms with Crippen LogP contribution in [0.5, 0.6) is 0 Å². The molecule has 1 amide bonds. The molecule has 1 heterocycles. The van der Waals surface area contributed by atoms with Crippen molar-refractivity contribution >= 4 is 46.3 Å². The molecule has 8 heteroatoms. The zero-order valence-corrected chi connectivity index (χ0v) is 14.7. The van der Waals surface area contributed by atoms with Crippen molar-refractivity contribution in [3.63, 3.8) is 0 Å². The highest BCUT2D eigenvalue weighted by atomic mass is 35.5. The number of hydrogen-bond acceptors (Lipinski definition) is 5. The lowest BCUT2D eigenvalue weighted by molar-refractivity contribution is -0.117. The van der Waals surface area contributed by atoms with Crippen molar-refractivity contribution in [2.75, 3.05) is 5.32 Å². The van der Waals surface area contributed by atoms with Gasteiger partial charge in [-0.25, -0.2) is 4.68 Å². The normalized spacial score (nSPS) is 10.5. The number of rotatable bonds is 5. The van der Waals surface area contributed by atoms with Gasteiger partial charge in [-0.2, -0.15) is 0 Å². The number of anilines is 1. The molecule has 0 radical (unpaired) electrons. The van der Waals surface area contributed by atoms with Crippen LogP contribution in [0.2, 0.25) is 4.47 Å². The average molecular weight is 378 g/mol. The fraction of sp³-hybridized carbons (Fsp3) is 0.0625. The minimum absolute atomic E-state index is 0.118. The molecule has 24 heavy (non-hydrogen) atoms. The average Bonchev–Trinajstić information content (AvgIpc) is 2.87. The highest BCUT2D eigenvalue weighted by molar-refractivity contribution is 7.99. The van der Waals surface area contributed by atoms with Gasteiger partial charge < -0.3 is 5.32 Å². The molecule has 3 rings (SSSR count). The van der Waals surface area contributed by atoms with Crippen LogP contribution in [0, 0.1) is 0 Å². The maximum absolute atomic E-state index is 12.2. The molecule has 0 spiro atoms. The van der Waals surface area contributed by atoms with E-state index in [1.165, 1.54) is 0 Å². The predicted molar refractivity (Wildman–Crippen MR) is 97.0 cm³/mol. The van der Waals surface area contributed by atoms with Crippen LogP contribution in [-0.2, 0) is 11.3 Å². The molecule has 0 saturated carbocycles. The largest absolute Gasteiger partial charge is 0.326 e. The number of aromatic nitrogens is 2. The topological polar surface area (TPSA) is 64.0 Å². The Bertz CT molecular complexity index is 909. The minimum Gasteiger partial charge on any atom is -0.323 e. The summed E-state index contributed by atoms with van der Waals surface area (Å²) in [6.45, 7) is -0.174. The van der Waals surface area contributed by atoms with Crippen molar-refractivity contribution in [3.8, 4) is 0 Å². The van der Waals surface area contributed by atoms with Gasteiger partial charge in [-0.3, -0.25) is 9.59 Å². The van der Waals surface area contributed by atoms with Gasteiger partial charge in [0.05, 0.1) is 5.69 Å². The molecule has 0 atom stereocenters. The second-order valence-corrected chi connectivity index (χ2v) is 7.38. The van der Waals surface area contributed by atoms with Gasteiger partial charge in [-0.1, -0.05) is 42.1 Å². The number of carbonyl (C=O) groups is 1. The Morgan fingerprint density at radius 3 is 2.58 bits per heavy atom. The SMILES string of the molecule is O=C(Cn1nc(Cl)sc1=O)Nc1ccccc1Sc1ccccc1. The number of nitrogens with one attached hydrogen (secondary N) is 1. The minimum atomic E-state index is -0.359. The Labute approximate surface area is 151 Å². The molecule has 0 saturated heterocycles. The highest BCUT2D eigenvalue weighted by Crippen LogP contribution is 2.33. The summed E-state index contributed by atoms with van der Waals surface area (Å²) in [6.07, 6.45) is 0. The van der Waals surface area contributed by atoms with E-state index in [1.807, 2.05) is 54.6 Å². The Hall–Kier alpha value is -2.09. The second-order valence-electron chi connectivity index (χ2n) is 4.74. The van der Waals surface area contributed by atoms with Crippen LogP contribution in [0.3, 0.4) is 0 Å². The third-order valence-electron chi connectivity index (χ3n) is 3.01. The van der Waals surface area contributed by atoms with Crippen LogP contribution < -0.4 is 10.2 Å². The van der Waals surface area contributed by atoms with Gasteiger partial charge in [0.25, 0.3) is 0 Å². The zero-order chi connectivity index (χ0) is 16.9. The summed E-state index contributed by atoms with van der Waals surface area (Å²) in [4.78, 5) is 25.4. The lowest BCUT2D eigenvalue weighted by Gasteiger charge is -2.10. The number of amides is 1. The monoisotopic (exact) mass is 377 g/mol. The quantitative estimate of drug-likeness (QED) is 0.735. The molecule has 0 unspecified atom stereocenters. The first-order valence-electron chi connectivity index (χ1n) is 6.97. The Morgan fingerprint density at radius 2 is 1.88 bits per heavy atom. The maximum atomic E-state index is 12.2. The van der Waals surface area contributed by atoms with Gasteiger partial charge in [-0.15, -0.1) is 5.10 Å². The summed E-state index contributed by atoms with van der Waals surface area (Å²) >= 11 is 8.03. The molecular weight excluding hydrogens is 366 g/mol. The number of carbonyl (C=O) groups excluding carboxylic acids is 1. The van der Waals surface area contributed by atoms with E-state index in [4.69, 9.17) is 11.6 Å². The van der Waals surface area contributed by atoms with Crippen molar-refractivity contribution in [1.82, 2.24) is 9.78 Å². The molecule has 3 aromatic rings. The molecule has 0 aliphatic heterocycles. The summed E-state index contributed by atoms with van der Waals surface area (Å²) in [6, 6.07) is 17.4. The second kappa shape index (κ2) is 7.65. The predicted octanol–water partition coefficient (Wildman–Crippen LogP) is 3.75. The molecule has 2 aromatic carbocycles. The third-order valence-corrected chi connectivity index (χ3v) is 5.03. The number of benzene rings is 2. The Kier molecular flexibility index (Phi) is 5.34. The van der Waals surface area contributed by atoms with Crippen LogP contribution in [0.4, 0.5) is 5.69 Å². The van der Waals surface area contributed by atoms with E-state index in [1.54, 1.807) is 11.8 Å². The summed E-state index contributed by atoms with van der Waals surface area (Å²) < 4.78 is 1.17. The first kappa shape index (κ1) is 16.8. The van der Waals surface area contributed by atoms with Crippen LogP contribution in [-0.4, -0.2) is 15.7 Å². The van der Waals surface area contributed by atoms with E-state index in [2.05, 4.69) is 10.4 Å². The summed E-state index contributed by atoms with van der Waals surface area (Å²) in [5, 5.41) is 6.62. The third kappa shape index (κ3) is 4.25. The van der Waals surface area contributed by atoms with Crippen molar-refractivity contribution in [1.29, 1.82) is 0 Å². The standard InChI is InChI=1S/C16H12ClN3O2S2/c17-15-19-20(16(22)24-15)10-14(21)18-12-8-4-5-9-13(12)23-11-6-2-1-3-7-11/h1-9H,10H2,(H,18,21). The Morgan fingerprint density at radius 1 is 1.17 bits per heavy atom. The first-order chi connectivity index (χ1) is 11.6. The van der Waals surface area contributed by atoms with Crippen molar-refractivity contribution in [2.45, 2.75) is 16.3 Å². The van der Waals surface area contributed by atoms with E-state index in [0.29, 0.717) is 5.69 Å². The first-order valence-corrected chi connectivity index (χ1v) is 8.98. The molecule has 5 nitrogen and oxygen atoms in total.